The summed E-state index contributed by atoms with van der Waals surface area (Å²) in [5.41, 5.74) is 1.93. The first-order chi connectivity index (χ1) is 18.1. The molecular weight excluding hydrogens is 525 g/mol. The summed E-state index contributed by atoms with van der Waals surface area (Å²) in [5, 5.41) is 12.3. The molecule has 1 aliphatic carbocycles. The third-order valence-electron chi connectivity index (χ3n) is 7.64. The van der Waals surface area contributed by atoms with Crippen molar-refractivity contribution in [2.24, 2.45) is 16.8 Å². The van der Waals surface area contributed by atoms with Gasteiger partial charge >= 0.3 is 5.97 Å². The Balaban J connectivity index is 1.50. The number of hydrogen-bond donors (Lipinski definition) is 2. The average molecular weight is 559 g/mol. The lowest BCUT2D eigenvalue weighted by Gasteiger charge is -2.42. The number of nitrogens with one attached hydrogen (secondary N) is 1. The van der Waals surface area contributed by atoms with E-state index in [1.54, 1.807) is 30.3 Å². The van der Waals surface area contributed by atoms with Crippen LogP contribution in [0.5, 0.6) is 0 Å². The van der Waals surface area contributed by atoms with Crippen LogP contribution in [0.3, 0.4) is 0 Å². The van der Waals surface area contributed by atoms with Gasteiger partial charge in [-0.15, -0.1) is 0 Å². The van der Waals surface area contributed by atoms with Gasteiger partial charge in [0.05, 0.1) is 6.42 Å². The maximum Gasteiger partial charge on any atom is 0.305 e. The topological polar surface area (TPSA) is 99.1 Å². The molecule has 0 radical (unpaired) electrons. The van der Waals surface area contributed by atoms with Crippen molar-refractivity contribution in [3.63, 3.8) is 0 Å². The molecule has 2 amide bonds. The predicted octanol–water partition coefficient (Wildman–Crippen LogP) is 5.61. The summed E-state index contributed by atoms with van der Waals surface area (Å²) in [6.07, 6.45) is 4.14. The largest absolute Gasteiger partial charge is 0.481 e. The van der Waals surface area contributed by atoms with E-state index in [1.165, 1.54) is 0 Å². The smallest absolute Gasteiger partial charge is 0.305 e. The van der Waals surface area contributed by atoms with Crippen molar-refractivity contribution in [1.82, 2.24) is 10.2 Å². The SMILES string of the molecule is CC(C)C1CCC2(CC1)N=C(c1cc(Cl)cc(Cl)c1)C(=O)N2CCc1ccc(C(=O)NCCC(=O)O)cc1. The number of benzene rings is 2. The number of hydrogen-bond acceptors (Lipinski definition) is 4. The fraction of sp³-hybridized carbons (Fsp3) is 0.448. The highest BCUT2D eigenvalue weighted by atomic mass is 35.5. The van der Waals surface area contributed by atoms with E-state index in [0.29, 0.717) is 51.7 Å². The van der Waals surface area contributed by atoms with E-state index in [-0.39, 0.29) is 24.8 Å². The highest BCUT2D eigenvalue weighted by Crippen LogP contribution is 2.43. The summed E-state index contributed by atoms with van der Waals surface area (Å²) in [6.45, 7) is 5.07. The van der Waals surface area contributed by atoms with E-state index in [1.807, 2.05) is 17.0 Å². The van der Waals surface area contributed by atoms with Crippen LogP contribution < -0.4 is 5.32 Å². The predicted molar refractivity (Wildman–Crippen MR) is 149 cm³/mol. The molecule has 0 bridgehead atoms. The maximum absolute atomic E-state index is 13.7. The third kappa shape index (κ3) is 6.38. The van der Waals surface area contributed by atoms with E-state index >= 15 is 0 Å². The molecule has 0 aromatic heterocycles. The van der Waals surface area contributed by atoms with Crippen LogP contribution in [-0.2, 0) is 16.0 Å². The highest BCUT2D eigenvalue weighted by Gasteiger charge is 2.49. The van der Waals surface area contributed by atoms with Crippen molar-refractivity contribution in [3.05, 3.63) is 69.2 Å². The Morgan fingerprint density at radius 2 is 1.74 bits per heavy atom. The zero-order valence-corrected chi connectivity index (χ0v) is 23.2. The Morgan fingerprint density at radius 1 is 1.11 bits per heavy atom. The first-order valence-electron chi connectivity index (χ1n) is 13.1. The van der Waals surface area contributed by atoms with Gasteiger partial charge in [0.25, 0.3) is 11.8 Å². The van der Waals surface area contributed by atoms with Crippen LogP contribution in [0.25, 0.3) is 0 Å². The van der Waals surface area contributed by atoms with Crippen molar-refractivity contribution in [1.29, 1.82) is 0 Å². The number of amides is 2. The molecule has 2 aliphatic rings. The van der Waals surface area contributed by atoms with Crippen LogP contribution in [0.4, 0.5) is 0 Å². The Bertz CT molecular complexity index is 1210. The maximum atomic E-state index is 13.7. The van der Waals surface area contributed by atoms with Crippen LogP contribution in [0.1, 0.15) is 67.4 Å². The van der Waals surface area contributed by atoms with Crippen molar-refractivity contribution < 1.29 is 19.5 Å². The molecule has 0 atom stereocenters. The van der Waals surface area contributed by atoms with Gasteiger partial charge in [0.15, 0.2) is 0 Å². The van der Waals surface area contributed by atoms with Crippen molar-refractivity contribution in [2.45, 2.75) is 58.0 Å². The van der Waals surface area contributed by atoms with Crippen LogP contribution in [-0.4, -0.2) is 52.3 Å². The molecule has 2 aromatic carbocycles. The number of halogens is 2. The normalized spacial score (nSPS) is 21.2. The molecule has 202 valence electrons. The Morgan fingerprint density at radius 3 is 2.32 bits per heavy atom. The summed E-state index contributed by atoms with van der Waals surface area (Å²) in [5.74, 6) is -0.176. The van der Waals surface area contributed by atoms with Gasteiger partial charge in [0.1, 0.15) is 11.4 Å². The fourth-order valence-electron chi connectivity index (χ4n) is 5.42. The Hall–Kier alpha value is -2.90. The van der Waals surface area contributed by atoms with Gasteiger partial charge in [-0.3, -0.25) is 19.4 Å². The minimum atomic E-state index is -0.960. The molecule has 9 heteroatoms. The molecule has 1 heterocycles. The molecule has 0 saturated heterocycles. The summed E-state index contributed by atoms with van der Waals surface area (Å²) >= 11 is 12.5. The molecule has 1 fully saturated rings. The molecule has 2 N–H and O–H groups in total. The lowest BCUT2D eigenvalue weighted by molar-refractivity contribution is -0.136. The second kappa shape index (κ2) is 11.9. The molecule has 1 spiro atoms. The Labute approximate surface area is 233 Å². The molecule has 4 rings (SSSR count). The van der Waals surface area contributed by atoms with Gasteiger partial charge in [0, 0.05) is 34.3 Å². The van der Waals surface area contributed by atoms with Crippen molar-refractivity contribution in [2.75, 3.05) is 13.1 Å². The minimum absolute atomic E-state index is 0.0763. The number of rotatable bonds is 9. The number of nitrogens with zero attached hydrogens (tertiary/aromatic N) is 2. The summed E-state index contributed by atoms with van der Waals surface area (Å²) in [4.78, 5) is 43.6. The second-order valence-electron chi connectivity index (χ2n) is 10.5. The van der Waals surface area contributed by atoms with Crippen LogP contribution in [0.15, 0.2) is 47.5 Å². The summed E-state index contributed by atoms with van der Waals surface area (Å²) < 4.78 is 0. The summed E-state index contributed by atoms with van der Waals surface area (Å²) in [6, 6.07) is 12.3. The van der Waals surface area contributed by atoms with Gasteiger partial charge in [0.2, 0.25) is 0 Å². The quantitative estimate of drug-likeness (QED) is 0.418. The van der Waals surface area contributed by atoms with Crippen LogP contribution in [0.2, 0.25) is 10.0 Å². The van der Waals surface area contributed by atoms with Crippen LogP contribution in [0, 0.1) is 11.8 Å². The lowest BCUT2D eigenvalue weighted by Crippen LogP contribution is -2.50. The Kier molecular flexibility index (Phi) is 8.78. The standard InChI is InChI=1S/C29H33Cl2N3O4/c1-18(2)20-7-11-29(12-8-20)33-26(22-15-23(30)17-24(31)16-22)28(38)34(29)14-10-19-3-5-21(6-4-19)27(37)32-13-9-25(35)36/h3-6,15-18,20H,7-14H2,1-2H3,(H,32,37)(H,35,36). The molecular formula is C29H33Cl2N3O4. The van der Waals surface area contributed by atoms with Gasteiger partial charge in [-0.05, 0) is 79.8 Å². The zero-order chi connectivity index (χ0) is 27.4. The molecule has 38 heavy (non-hydrogen) atoms. The number of carboxylic acid groups (broad SMARTS) is 1. The number of carbonyl (C=O) groups is 3. The lowest BCUT2D eigenvalue weighted by atomic mass is 9.76. The van der Waals surface area contributed by atoms with Gasteiger partial charge < -0.3 is 15.3 Å². The molecule has 0 unspecified atom stereocenters. The fourth-order valence-corrected chi connectivity index (χ4v) is 5.95. The molecule has 1 saturated carbocycles. The van der Waals surface area contributed by atoms with Crippen molar-refractivity contribution in [3.8, 4) is 0 Å². The van der Waals surface area contributed by atoms with Gasteiger partial charge in [-0.25, -0.2) is 0 Å². The third-order valence-corrected chi connectivity index (χ3v) is 8.08. The van der Waals surface area contributed by atoms with Crippen molar-refractivity contribution >= 4 is 46.7 Å². The molecule has 1 aliphatic heterocycles. The average Bonchev–Trinajstić information content (AvgIpc) is 3.13. The van der Waals surface area contributed by atoms with Gasteiger partial charge in [-0.1, -0.05) is 49.2 Å². The van der Waals surface area contributed by atoms with Crippen LogP contribution >= 0.6 is 23.2 Å². The van der Waals surface area contributed by atoms with E-state index in [2.05, 4.69) is 19.2 Å². The number of aliphatic carboxylic acids is 1. The summed E-state index contributed by atoms with van der Waals surface area (Å²) in [7, 11) is 0. The molecule has 7 nitrogen and oxygen atoms in total. The second-order valence-corrected chi connectivity index (χ2v) is 11.4. The minimum Gasteiger partial charge on any atom is -0.481 e. The van der Waals surface area contributed by atoms with E-state index in [4.69, 9.17) is 33.3 Å². The van der Waals surface area contributed by atoms with Gasteiger partial charge in [-0.2, -0.15) is 0 Å². The highest BCUT2D eigenvalue weighted by molar-refractivity contribution is 6.47. The van der Waals surface area contributed by atoms with E-state index in [0.717, 1.165) is 31.2 Å². The van der Waals surface area contributed by atoms with E-state index < -0.39 is 11.6 Å². The monoisotopic (exact) mass is 557 g/mol. The molecule has 2 aromatic rings. The number of aliphatic imine (C=N–C) groups is 1. The zero-order valence-electron chi connectivity index (χ0n) is 21.7. The number of carboxylic acids is 1. The number of carbonyl (C=O) groups excluding carboxylic acids is 2. The van der Waals surface area contributed by atoms with E-state index in [9.17, 15) is 14.4 Å². The first-order valence-corrected chi connectivity index (χ1v) is 13.8. The first kappa shape index (κ1) is 28.1.